The summed E-state index contributed by atoms with van der Waals surface area (Å²) in [6, 6.07) is 12.4. The van der Waals surface area contributed by atoms with Crippen LogP contribution in [0, 0.1) is 6.92 Å². The molecule has 2 amide bonds. The van der Waals surface area contributed by atoms with Crippen molar-refractivity contribution in [3.63, 3.8) is 0 Å². The number of benzene rings is 2. The number of amides is 2. The lowest BCUT2D eigenvalue weighted by atomic mass is 10.1. The van der Waals surface area contributed by atoms with Crippen molar-refractivity contribution >= 4 is 34.5 Å². The monoisotopic (exact) mass is 393 g/mol. The summed E-state index contributed by atoms with van der Waals surface area (Å²) in [4.78, 5) is 31.2. The number of nitrogens with one attached hydrogen (secondary N) is 1. The zero-order chi connectivity index (χ0) is 19.7. The highest BCUT2D eigenvalue weighted by Gasteiger charge is 2.33. The topological polar surface area (TPSA) is 71.5 Å². The number of hydrogen-bond donors (Lipinski definition) is 1. The molecule has 7 heteroatoms. The Bertz CT molecular complexity index is 1020. The Balaban J connectivity index is 1.63. The van der Waals surface area contributed by atoms with Crippen LogP contribution >= 0.6 is 11.3 Å². The average Bonchev–Trinajstić information content (AvgIpc) is 3.23. The predicted molar refractivity (Wildman–Crippen MR) is 110 cm³/mol. The molecule has 1 unspecified atom stereocenters. The Labute approximate surface area is 166 Å². The number of ether oxygens (including phenoxy) is 1. The van der Waals surface area contributed by atoms with Gasteiger partial charge in [-0.1, -0.05) is 17.7 Å². The minimum absolute atomic E-state index is 0.0921. The minimum Gasteiger partial charge on any atom is -0.482 e. The van der Waals surface area contributed by atoms with Crippen LogP contribution in [0.4, 0.5) is 11.4 Å². The lowest BCUT2D eigenvalue weighted by molar-refractivity contribution is -0.125. The fraction of sp³-hybridized carbons (Fsp3) is 0.190. The average molecular weight is 393 g/mol. The van der Waals surface area contributed by atoms with E-state index in [1.165, 1.54) is 16.2 Å². The molecular formula is C21H19N3O3S. The van der Waals surface area contributed by atoms with Gasteiger partial charge in [-0.25, -0.2) is 4.98 Å². The van der Waals surface area contributed by atoms with Crippen molar-refractivity contribution in [1.29, 1.82) is 0 Å². The maximum Gasteiger partial charge on any atom is 0.265 e. The second-order valence-electron chi connectivity index (χ2n) is 6.64. The van der Waals surface area contributed by atoms with Crippen molar-refractivity contribution < 1.29 is 14.3 Å². The summed E-state index contributed by atoms with van der Waals surface area (Å²) < 4.78 is 5.56. The smallest absolute Gasteiger partial charge is 0.265 e. The van der Waals surface area contributed by atoms with Gasteiger partial charge in [-0.2, -0.15) is 0 Å². The molecule has 142 valence electrons. The minimum atomic E-state index is -0.692. The van der Waals surface area contributed by atoms with E-state index in [0.717, 1.165) is 16.8 Å². The largest absolute Gasteiger partial charge is 0.482 e. The van der Waals surface area contributed by atoms with Crippen LogP contribution in [-0.4, -0.2) is 29.4 Å². The Kier molecular flexibility index (Phi) is 4.83. The summed E-state index contributed by atoms with van der Waals surface area (Å²) in [5, 5.41) is 4.81. The first-order chi connectivity index (χ1) is 13.5. The zero-order valence-electron chi connectivity index (χ0n) is 15.5. The van der Waals surface area contributed by atoms with Gasteiger partial charge in [0, 0.05) is 16.6 Å². The molecule has 0 saturated heterocycles. The van der Waals surface area contributed by atoms with Crippen molar-refractivity contribution in [2.75, 3.05) is 16.8 Å². The molecule has 0 fully saturated rings. The number of carbonyl (C=O) groups is 2. The molecule has 0 spiro atoms. The van der Waals surface area contributed by atoms with Gasteiger partial charge in [0.05, 0.1) is 16.9 Å². The van der Waals surface area contributed by atoms with Crippen LogP contribution in [0.1, 0.15) is 12.5 Å². The van der Waals surface area contributed by atoms with Gasteiger partial charge < -0.3 is 10.1 Å². The number of anilines is 2. The standard InChI is InChI=1S/C21H19N3O3S/c1-13-3-6-16(7-4-13)23-21(26)14(2)24-18-9-15(17-11-28-12-22-17)5-8-19(18)27-10-20(24)25/h3-9,11-12,14H,10H2,1-2H3,(H,23,26). The van der Waals surface area contributed by atoms with E-state index in [1.807, 2.05) is 54.8 Å². The predicted octanol–water partition coefficient (Wildman–Crippen LogP) is 3.87. The van der Waals surface area contributed by atoms with Crippen molar-refractivity contribution in [2.24, 2.45) is 0 Å². The third kappa shape index (κ3) is 3.48. The molecule has 4 rings (SSSR count). The van der Waals surface area contributed by atoms with E-state index in [0.29, 0.717) is 17.1 Å². The molecule has 0 aliphatic carbocycles. The van der Waals surface area contributed by atoms with E-state index in [9.17, 15) is 9.59 Å². The molecule has 0 radical (unpaired) electrons. The summed E-state index contributed by atoms with van der Waals surface area (Å²) >= 11 is 1.50. The maximum absolute atomic E-state index is 12.8. The fourth-order valence-corrected chi connectivity index (χ4v) is 3.67. The second-order valence-corrected chi connectivity index (χ2v) is 7.36. The van der Waals surface area contributed by atoms with Crippen LogP contribution in [0.25, 0.3) is 11.3 Å². The van der Waals surface area contributed by atoms with E-state index in [4.69, 9.17) is 4.74 Å². The highest BCUT2D eigenvalue weighted by molar-refractivity contribution is 7.07. The van der Waals surface area contributed by atoms with Gasteiger partial charge in [0.15, 0.2) is 6.61 Å². The van der Waals surface area contributed by atoms with Crippen LogP contribution in [0.5, 0.6) is 5.75 Å². The number of carbonyl (C=O) groups excluding carboxylic acids is 2. The van der Waals surface area contributed by atoms with E-state index in [1.54, 1.807) is 12.4 Å². The van der Waals surface area contributed by atoms with E-state index in [-0.39, 0.29) is 18.4 Å². The van der Waals surface area contributed by atoms with E-state index in [2.05, 4.69) is 10.3 Å². The SMILES string of the molecule is Cc1ccc(NC(=O)C(C)N2C(=O)COc3ccc(-c4cscn4)cc32)cc1. The van der Waals surface area contributed by atoms with Gasteiger partial charge in [-0.3, -0.25) is 14.5 Å². The summed E-state index contributed by atoms with van der Waals surface area (Å²) in [6.07, 6.45) is 0. The molecule has 1 atom stereocenters. The van der Waals surface area contributed by atoms with Gasteiger partial charge in [0.1, 0.15) is 11.8 Å². The molecule has 1 aliphatic heterocycles. The Morgan fingerprint density at radius 3 is 2.75 bits per heavy atom. The highest BCUT2D eigenvalue weighted by Crippen LogP contribution is 2.37. The number of thiazole rings is 1. The molecule has 3 aromatic rings. The molecular weight excluding hydrogens is 374 g/mol. The van der Waals surface area contributed by atoms with Gasteiger partial charge in [-0.05, 0) is 44.2 Å². The summed E-state index contributed by atoms with van der Waals surface area (Å²) in [5.41, 5.74) is 5.83. The first-order valence-corrected chi connectivity index (χ1v) is 9.82. The molecule has 0 bridgehead atoms. The van der Waals surface area contributed by atoms with Crippen LogP contribution in [0.2, 0.25) is 0 Å². The fourth-order valence-electron chi connectivity index (χ4n) is 3.11. The zero-order valence-corrected chi connectivity index (χ0v) is 16.3. The van der Waals surface area contributed by atoms with Gasteiger partial charge in [0.25, 0.3) is 5.91 Å². The summed E-state index contributed by atoms with van der Waals surface area (Å²) in [7, 11) is 0. The number of fused-ring (bicyclic) bond motifs is 1. The lowest BCUT2D eigenvalue weighted by Crippen LogP contribution is -2.49. The number of aromatic nitrogens is 1. The van der Waals surface area contributed by atoms with Crippen molar-refractivity contribution in [3.8, 4) is 17.0 Å². The number of hydrogen-bond acceptors (Lipinski definition) is 5. The molecule has 1 aliphatic rings. The van der Waals surface area contributed by atoms with Crippen molar-refractivity contribution in [1.82, 2.24) is 4.98 Å². The Morgan fingerprint density at radius 2 is 2.04 bits per heavy atom. The first-order valence-electron chi connectivity index (χ1n) is 8.88. The van der Waals surface area contributed by atoms with Gasteiger partial charge in [-0.15, -0.1) is 11.3 Å². The van der Waals surface area contributed by atoms with Gasteiger partial charge in [0.2, 0.25) is 5.91 Å². The third-order valence-electron chi connectivity index (χ3n) is 4.65. The Morgan fingerprint density at radius 1 is 1.25 bits per heavy atom. The molecule has 1 N–H and O–H groups in total. The quantitative estimate of drug-likeness (QED) is 0.730. The molecule has 0 saturated carbocycles. The van der Waals surface area contributed by atoms with Crippen molar-refractivity contribution in [3.05, 3.63) is 58.9 Å². The second kappa shape index (κ2) is 7.44. The van der Waals surface area contributed by atoms with Gasteiger partial charge >= 0.3 is 0 Å². The molecule has 6 nitrogen and oxygen atoms in total. The van der Waals surface area contributed by atoms with E-state index < -0.39 is 6.04 Å². The maximum atomic E-state index is 12.8. The normalized spacial score (nSPS) is 14.2. The summed E-state index contributed by atoms with van der Waals surface area (Å²) in [6.45, 7) is 3.61. The van der Waals surface area contributed by atoms with Crippen LogP contribution in [0.3, 0.4) is 0 Å². The van der Waals surface area contributed by atoms with Crippen LogP contribution in [-0.2, 0) is 9.59 Å². The summed E-state index contributed by atoms with van der Waals surface area (Å²) in [5.74, 6) is 0.0622. The third-order valence-corrected chi connectivity index (χ3v) is 5.24. The Hall–Kier alpha value is -3.19. The lowest BCUT2D eigenvalue weighted by Gasteiger charge is -2.33. The number of aryl methyl sites for hydroxylation is 1. The first kappa shape index (κ1) is 18.2. The molecule has 1 aromatic heterocycles. The van der Waals surface area contributed by atoms with Crippen molar-refractivity contribution in [2.45, 2.75) is 19.9 Å². The molecule has 2 aromatic carbocycles. The number of rotatable bonds is 4. The van der Waals surface area contributed by atoms with E-state index >= 15 is 0 Å². The van der Waals surface area contributed by atoms with Crippen LogP contribution in [0.15, 0.2) is 53.4 Å². The highest BCUT2D eigenvalue weighted by atomic mass is 32.1. The molecule has 28 heavy (non-hydrogen) atoms. The molecule has 2 heterocycles. The van der Waals surface area contributed by atoms with Crippen LogP contribution < -0.4 is 15.0 Å². The number of nitrogens with zero attached hydrogens (tertiary/aromatic N) is 2.